The van der Waals surface area contributed by atoms with Crippen molar-refractivity contribution in [1.82, 2.24) is 5.32 Å². The Kier molecular flexibility index (Phi) is 3.69. The molecule has 2 N–H and O–H groups in total. The summed E-state index contributed by atoms with van der Waals surface area (Å²) in [6.45, 7) is 0.429. The van der Waals surface area contributed by atoms with Crippen LogP contribution in [-0.2, 0) is 11.3 Å². The smallest absolute Gasteiger partial charge is 0.252 e. The van der Waals surface area contributed by atoms with Gasteiger partial charge in [-0.05, 0) is 43.4 Å². The van der Waals surface area contributed by atoms with Crippen molar-refractivity contribution >= 4 is 17.5 Å². The van der Waals surface area contributed by atoms with Gasteiger partial charge in [-0.1, -0.05) is 23.7 Å². The Hall–Kier alpha value is -1.06. The Morgan fingerprint density at radius 3 is 2.47 bits per heavy atom. The highest BCUT2D eigenvalue weighted by atomic mass is 35.5. The van der Waals surface area contributed by atoms with E-state index in [2.05, 4.69) is 5.32 Å². The number of carbonyl (C=O) groups excluding carboxylic acids is 1. The van der Waals surface area contributed by atoms with Crippen LogP contribution in [0.1, 0.15) is 31.2 Å². The first-order chi connectivity index (χ1) is 8.10. The minimum absolute atomic E-state index is 0.259. The van der Waals surface area contributed by atoms with E-state index in [1.165, 1.54) is 0 Å². The van der Waals surface area contributed by atoms with Gasteiger partial charge in [0.25, 0.3) is 5.91 Å². The van der Waals surface area contributed by atoms with Gasteiger partial charge < -0.3 is 10.4 Å². The molecule has 0 unspecified atom stereocenters. The number of benzene rings is 1. The third-order valence-corrected chi connectivity index (χ3v) is 3.47. The molecule has 0 aliphatic heterocycles. The molecule has 0 bridgehead atoms. The summed E-state index contributed by atoms with van der Waals surface area (Å²) in [5.41, 5.74) is -0.170. The second-order valence-electron chi connectivity index (χ2n) is 4.55. The summed E-state index contributed by atoms with van der Waals surface area (Å²) >= 11 is 5.77. The van der Waals surface area contributed by atoms with Crippen molar-refractivity contribution < 1.29 is 9.90 Å². The van der Waals surface area contributed by atoms with E-state index in [1.54, 1.807) is 12.1 Å². The van der Waals surface area contributed by atoms with E-state index in [0.717, 1.165) is 18.4 Å². The van der Waals surface area contributed by atoms with Gasteiger partial charge in [0.1, 0.15) is 5.60 Å². The fraction of sp³-hybridized carbons (Fsp3) is 0.462. The van der Waals surface area contributed by atoms with Gasteiger partial charge in [-0.15, -0.1) is 0 Å². The lowest BCUT2D eigenvalue weighted by Crippen LogP contribution is -2.44. The molecule has 1 aliphatic carbocycles. The van der Waals surface area contributed by atoms with Crippen molar-refractivity contribution in [2.24, 2.45) is 0 Å². The molecule has 3 nitrogen and oxygen atoms in total. The third kappa shape index (κ3) is 2.99. The average molecular weight is 254 g/mol. The van der Waals surface area contributed by atoms with E-state index < -0.39 is 5.60 Å². The molecule has 1 fully saturated rings. The standard InChI is InChI=1S/C13H16ClNO2/c14-11-5-3-10(4-6-11)9-15-12(16)13(17)7-1-2-8-13/h3-6,17H,1-2,7-9H2,(H,15,16). The highest BCUT2D eigenvalue weighted by Gasteiger charge is 2.38. The number of nitrogens with one attached hydrogen (secondary N) is 1. The molecule has 0 saturated heterocycles. The van der Waals surface area contributed by atoms with Crippen LogP contribution in [0.5, 0.6) is 0 Å². The van der Waals surface area contributed by atoms with Crippen molar-refractivity contribution in [2.45, 2.75) is 37.8 Å². The molecule has 4 heteroatoms. The molecule has 17 heavy (non-hydrogen) atoms. The molecule has 0 aromatic heterocycles. The average Bonchev–Trinajstić information content (AvgIpc) is 2.76. The predicted octanol–water partition coefficient (Wildman–Crippen LogP) is 2.26. The fourth-order valence-electron chi connectivity index (χ4n) is 2.14. The first-order valence-corrected chi connectivity index (χ1v) is 6.23. The van der Waals surface area contributed by atoms with Gasteiger partial charge in [0.2, 0.25) is 0 Å². The van der Waals surface area contributed by atoms with Gasteiger partial charge in [-0.25, -0.2) is 0 Å². The van der Waals surface area contributed by atoms with Crippen LogP contribution < -0.4 is 5.32 Å². The van der Waals surface area contributed by atoms with Crippen LogP contribution in [0.2, 0.25) is 5.02 Å². The van der Waals surface area contributed by atoms with E-state index >= 15 is 0 Å². The minimum atomic E-state index is -1.15. The molecular formula is C13H16ClNO2. The molecule has 0 heterocycles. The minimum Gasteiger partial charge on any atom is -0.380 e. The van der Waals surface area contributed by atoms with E-state index in [0.29, 0.717) is 24.4 Å². The number of hydrogen-bond acceptors (Lipinski definition) is 2. The van der Waals surface area contributed by atoms with E-state index in [1.807, 2.05) is 12.1 Å². The normalized spacial score (nSPS) is 18.0. The third-order valence-electron chi connectivity index (χ3n) is 3.22. The van der Waals surface area contributed by atoms with Crippen LogP contribution in [0.3, 0.4) is 0 Å². The van der Waals surface area contributed by atoms with Gasteiger partial charge in [0, 0.05) is 11.6 Å². The highest BCUT2D eigenvalue weighted by molar-refractivity contribution is 6.30. The van der Waals surface area contributed by atoms with Gasteiger partial charge in [0.15, 0.2) is 0 Å². The number of rotatable bonds is 3. The number of carbonyl (C=O) groups is 1. The van der Waals surface area contributed by atoms with E-state index in [9.17, 15) is 9.90 Å². The molecule has 0 atom stereocenters. The molecule has 92 valence electrons. The van der Waals surface area contributed by atoms with Crippen LogP contribution in [0.25, 0.3) is 0 Å². The first kappa shape index (κ1) is 12.4. The topological polar surface area (TPSA) is 49.3 Å². The summed E-state index contributed by atoms with van der Waals surface area (Å²) in [4.78, 5) is 11.8. The molecule has 1 saturated carbocycles. The molecule has 0 radical (unpaired) electrons. The van der Waals surface area contributed by atoms with Gasteiger partial charge in [0.05, 0.1) is 0 Å². The second-order valence-corrected chi connectivity index (χ2v) is 4.98. The number of hydrogen-bond donors (Lipinski definition) is 2. The quantitative estimate of drug-likeness (QED) is 0.868. The molecular weight excluding hydrogens is 238 g/mol. The van der Waals surface area contributed by atoms with Crippen molar-refractivity contribution in [3.05, 3.63) is 34.9 Å². The summed E-state index contributed by atoms with van der Waals surface area (Å²) in [6.07, 6.45) is 2.98. The zero-order valence-electron chi connectivity index (χ0n) is 9.58. The van der Waals surface area contributed by atoms with Gasteiger partial charge >= 0.3 is 0 Å². The lowest BCUT2D eigenvalue weighted by atomic mass is 10.0. The van der Waals surface area contributed by atoms with Crippen LogP contribution in [0.4, 0.5) is 0 Å². The van der Waals surface area contributed by atoms with Gasteiger partial charge in [-0.2, -0.15) is 0 Å². The fourth-order valence-corrected chi connectivity index (χ4v) is 2.26. The van der Waals surface area contributed by atoms with Gasteiger partial charge in [-0.3, -0.25) is 4.79 Å². The largest absolute Gasteiger partial charge is 0.380 e. The molecule has 1 aromatic carbocycles. The summed E-state index contributed by atoms with van der Waals surface area (Å²) in [6, 6.07) is 7.29. The Balaban J connectivity index is 1.89. The molecule has 1 aliphatic rings. The number of halogens is 1. The summed E-state index contributed by atoms with van der Waals surface area (Å²) in [7, 11) is 0. The summed E-state index contributed by atoms with van der Waals surface area (Å²) < 4.78 is 0. The zero-order chi connectivity index (χ0) is 12.3. The monoisotopic (exact) mass is 253 g/mol. The zero-order valence-corrected chi connectivity index (χ0v) is 10.3. The Labute approximate surface area is 106 Å². The van der Waals surface area contributed by atoms with Crippen LogP contribution in [-0.4, -0.2) is 16.6 Å². The lowest BCUT2D eigenvalue weighted by molar-refractivity contribution is -0.139. The van der Waals surface area contributed by atoms with Crippen molar-refractivity contribution in [3.8, 4) is 0 Å². The Morgan fingerprint density at radius 2 is 1.88 bits per heavy atom. The molecule has 1 amide bonds. The maximum absolute atomic E-state index is 11.8. The molecule has 0 spiro atoms. The van der Waals surface area contributed by atoms with Crippen molar-refractivity contribution in [3.63, 3.8) is 0 Å². The molecule has 1 aromatic rings. The second kappa shape index (κ2) is 5.07. The van der Waals surface area contributed by atoms with Crippen LogP contribution in [0, 0.1) is 0 Å². The van der Waals surface area contributed by atoms with Crippen LogP contribution >= 0.6 is 11.6 Å². The van der Waals surface area contributed by atoms with Crippen LogP contribution in [0.15, 0.2) is 24.3 Å². The van der Waals surface area contributed by atoms with E-state index in [4.69, 9.17) is 11.6 Å². The summed E-state index contributed by atoms with van der Waals surface area (Å²) in [5.74, 6) is -0.259. The van der Waals surface area contributed by atoms with E-state index in [-0.39, 0.29) is 5.91 Å². The lowest BCUT2D eigenvalue weighted by Gasteiger charge is -2.20. The number of aliphatic hydroxyl groups is 1. The summed E-state index contributed by atoms with van der Waals surface area (Å²) in [5, 5.41) is 13.5. The predicted molar refractivity (Wildman–Crippen MR) is 66.7 cm³/mol. The maximum atomic E-state index is 11.8. The Bertz CT molecular complexity index is 396. The first-order valence-electron chi connectivity index (χ1n) is 5.85. The maximum Gasteiger partial charge on any atom is 0.252 e. The highest BCUT2D eigenvalue weighted by Crippen LogP contribution is 2.29. The Morgan fingerprint density at radius 1 is 1.29 bits per heavy atom. The molecule has 2 rings (SSSR count). The van der Waals surface area contributed by atoms with Crippen molar-refractivity contribution in [1.29, 1.82) is 0 Å². The number of amides is 1. The van der Waals surface area contributed by atoms with Crippen molar-refractivity contribution in [2.75, 3.05) is 0 Å². The SMILES string of the molecule is O=C(NCc1ccc(Cl)cc1)C1(O)CCCC1.